The Hall–Kier alpha value is -0.520. The quantitative estimate of drug-likeness (QED) is 0.757. The highest BCUT2D eigenvalue weighted by molar-refractivity contribution is 9.10. The fraction of sp³-hybridized carbons (Fsp3) is 0.588. The van der Waals surface area contributed by atoms with Crippen molar-refractivity contribution < 1.29 is 9.90 Å². The smallest absolute Gasteiger partial charge is 0.307 e. The van der Waals surface area contributed by atoms with E-state index in [1.807, 2.05) is 11.8 Å². The lowest BCUT2D eigenvalue weighted by Gasteiger charge is -2.35. The van der Waals surface area contributed by atoms with Crippen molar-refractivity contribution in [1.82, 2.24) is 4.90 Å². The summed E-state index contributed by atoms with van der Waals surface area (Å²) in [6, 6.07) is 6.40. The first-order valence-electron chi connectivity index (χ1n) is 7.75. The van der Waals surface area contributed by atoms with Gasteiger partial charge in [-0.1, -0.05) is 42.8 Å². The van der Waals surface area contributed by atoms with E-state index in [0.29, 0.717) is 17.7 Å². The first-order chi connectivity index (χ1) is 10.3. The molecule has 2 rings (SSSR count). The minimum absolute atomic E-state index is 0.236. The maximum absolute atomic E-state index is 11.3. The normalized spacial score (nSPS) is 23.0. The molecule has 0 aromatic heterocycles. The number of carbonyl (C=O) groups is 1. The topological polar surface area (TPSA) is 40.5 Å². The first-order valence-corrected chi connectivity index (χ1v) is 9.42. The van der Waals surface area contributed by atoms with Crippen LogP contribution in [0.15, 0.2) is 27.6 Å². The summed E-state index contributed by atoms with van der Waals surface area (Å²) < 4.78 is 1.09. The maximum atomic E-state index is 11.3. The number of aliphatic carboxylic acids is 1. The van der Waals surface area contributed by atoms with Gasteiger partial charge in [0.05, 0.1) is 5.92 Å². The zero-order valence-corrected chi connectivity index (χ0v) is 15.8. The monoisotopic (exact) mass is 385 g/mol. The average Bonchev–Trinajstić information content (AvgIpc) is 2.40. The standard InChI is InChI=1S/C17H24BrNO2S/c1-11(2)22-16-7-15(18)5-4-13(16)9-19-8-12(3)6-14(10-19)17(20)21/h4-5,7,11-12,14H,6,8-10H2,1-3H3,(H,20,21). The Morgan fingerprint density at radius 3 is 2.82 bits per heavy atom. The molecule has 1 saturated heterocycles. The molecule has 0 bridgehead atoms. The summed E-state index contributed by atoms with van der Waals surface area (Å²) in [4.78, 5) is 14.9. The van der Waals surface area contributed by atoms with Crippen molar-refractivity contribution in [1.29, 1.82) is 0 Å². The molecule has 1 aliphatic rings. The lowest BCUT2D eigenvalue weighted by Crippen LogP contribution is -2.42. The maximum Gasteiger partial charge on any atom is 0.307 e. The van der Waals surface area contributed by atoms with Crippen molar-refractivity contribution in [2.45, 2.75) is 43.9 Å². The van der Waals surface area contributed by atoms with Crippen molar-refractivity contribution in [3.63, 3.8) is 0 Å². The van der Waals surface area contributed by atoms with Gasteiger partial charge in [-0.15, -0.1) is 11.8 Å². The summed E-state index contributed by atoms with van der Waals surface area (Å²) in [6.45, 7) is 8.99. The number of piperidine rings is 1. The predicted octanol–water partition coefficient (Wildman–Crippen LogP) is 4.49. The molecule has 0 spiro atoms. The average molecular weight is 386 g/mol. The van der Waals surface area contributed by atoms with Gasteiger partial charge in [0.2, 0.25) is 0 Å². The van der Waals surface area contributed by atoms with E-state index in [1.54, 1.807) is 0 Å². The second kappa shape index (κ2) is 7.84. The third-order valence-electron chi connectivity index (χ3n) is 3.87. The van der Waals surface area contributed by atoms with Crippen molar-refractivity contribution in [2.24, 2.45) is 11.8 Å². The predicted molar refractivity (Wildman–Crippen MR) is 95.3 cm³/mol. The van der Waals surface area contributed by atoms with Crippen LogP contribution in [-0.4, -0.2) is 34.3 Å². The molecule has 1 fully saturated rings. The zero-order chi connectivity index (χ0) is 16.3. The molecule has 0 radical (unpaired) electrons. The molecule has 5 heteroatoms. The largest absolute Gasteiger partial charge is 0.481 e. The van der Waals surface area contributed by atoms with Gasteiger partial charge in [0.25, 0.3) is 0 Å². The van der Waals surface area contributed by atoms with Crippen LogP contribution in [0.3, 0.4) is 0 Å². The van der Waals surface area contributed by atoms with Crippen molar-refractivity contribution in [2.75, 3.05) is 13.1 Å². The molecule has 1 N–H and O–H groups in total. The van der Waals surface area contributed by atoms with Crippen molar-refractivity contribution in [3.8, 4) is 0 Å². The molecule has 0 aliphatic carbocycles. The number of nitrogens with zero attached hydrogens (tertiary/aromatic N) is 1. The van der Waals surface area contributed by atoms with Crippen molar-refractivity contribution >= 4 is 33.7 Å². The van der Waals surface area contributed by atoms with E-state index in [4.69, 9.17) is 0 Å². The molecule has 0 amide bonds. The van der Waals surface area contributed by atoms with E-state index in [9.17, 15) is 9.90 Å². The van der Waals surface area contributed by atoms with Crippen LogP contribution in [0.5, 0.6) is 0 Å². The zero-order valence-electron chi connectivity index (χ0n) is 13.4. The number of benzene rings is 1. The van der Waals surface area contributed by atoms with Gasteiger partial charge >= 0.3 is 5.97 Å². The number of thioether (sulfide) groups is 1. The Morgan fingerprint density at radius 1 is 1.45 bits per heavy atom. The molecule has 1 heterocycles. The third-order valence-corrected chi connectivity index (χ3v) is 5.47. The molecule has 0 saturated carbocycles. The van der Waals surface area contributed by atoms with Gasteiger partial charge in [0.1, 0.15) is 0 Å². The highest BCUT2D eigenvalue weighted by Gasteiger charge is 2.29. The molecule has 2 atom stereocenters. The fourth-order valence-electron chi connectivity index (χ4n) is 3.03. The Balaban J connectivity index is 2.13. The number of hydrogen-bond acceptors (Lipinski definition) is 3. The van der Waals surface area contributed by atoms with Crippen LogP contribution in [0.4, 0.5) is 0 Å². The summed E-state index contributed by atoms with van der Waals surface area (Å²) in [7, 11) is 0. The summed E-state index contributed by atoms with van der Waals surface area (Å²) in [5.74, 6) is -0.462. The van der Waals surface area contributed by atoms with E-state index in [-0.39, 0.29) is 5.92 Å². The molecule has 22 heavy (non-hydrogen) atoms. The van der Waals surface area contributed by atoms with Crippen LogP contribution < -0.4 is 0 Å². The number of carboxylic acids is 1. The van der Waals surface area contributed by atoms with Crippen LogP contribution in [-0.2, 0) is 11.3 Å². The van der Waals surface area contributed by atoms with E-state index in [1.165, 1.54) is 10.5 Å². The highest BCUT2D eigenvalue weighted by atomic mass is 79.9. The number of halogens is 1. The SMILES string of the molecule is CC1CC(C(=O)O)CN(Cc2ccc(Br)cc2SC(C)C)C1. The molecular formula is C17H24BrNO2S. The summed E-state index contributed by atoms with van der Waals surface area (Å²) in [5, 5.41) is 9.84. The fourth-order valence-corrected chi connectivity index (χ4v) is 4.53. The Kier molecular flexibility index (Phi) is 6.36. The number of hydrogen-bond donors (Lipinski definition) is 1. The highest BCUT2D eigenvalue weighted by Crippen LogP contribution is 2.31. The van der Waals surface area contributed by atoms with E-state index >= 15 is 0 Å². The Bertz CT molecular complexity index is 535. The summed E-state index contributed by atoms with van der Waals surface area (Å²) >= 11 is 5.41. The Morgan fingerprint density at radius 2 is 2.18 bits per heavy atom. The minimum Gasteiger partial charge on any atom is -0.481 e. The van der Waals surface area contributed by atoms with Crippen molar-refractivity contribution in [3.05, 3.63) is 28.2 Å². The first kappa shape index (κ1) is 17.8. The lowest BCUT2D eigenvalue weighted by atomic mass is 9.90. The van der Waals surface area contributed by atoms with Gasteiger partial charge in [-0.25, -0.2) is 0 Å². The molecule has 1 aromatic rings. The van der Waals surface area contributed by atoms with Gasteiger partial charge in [0.15, 0.2) is 0 Å². The van der Waals surface area contributed by atoms with Crippen LogP contribution in [0, 0.1) is 11.8 Å². The number of rotatable bonds is 5. The summed E-state index contributed by atoms with van der Waals surface area (Å²) in [6.07, 6.45) is 0.791. The van der Waals surface area contributed by atoms with Crippen LogP contribution in [0.25, 0.3) is 0 Å². The summed E-state index contributed by atoms with van der Waals surface area (Å²) in [5.41, 5.74) is 1.29. The molecule has 1 aromatic carbocycles. The van der Waals surface area contributed by atoms with E-state index < -0.39 is 5.97 Å². The molecule has 1 aliphatic heterocycles. The van der Waals surface area contributed by atoms with E-state index in [0.717, 1.165) is 24.0 Å². The van der Waals surface area contributed by atoms with Crippen LogP contribution >= 0.6 is 27.7 Å². The molecular weight excluding hydrogens is 362 g/mol. The molecule has 2 unspecified atom stereocenters. The minimum atomic E-state index is -0.663. The second-order valence-electron chi connectivity index (χ2n) is 6.49. The second-order valence-corrected chi connectivity index (χ2v) is 9.02. The molecule has 122 valence electrons. The van der Waals surface area contributed by atoms with Gasteiger partial charge in [0, 0.05) is 34.3 Å². The van der Waals surface area contributed by atoms with Gasteiger partial charge in [-0.2, -0.15) is 0 Å². The molecule has 3 nitrogen and oxygen atoms in total. The van der Waals surface area contributed by atoms with Gasteiger partial charge in [-0.3, -0.25) is 9.69 Å². The van der Waals surface area contributed by atoms with E-state index in [2.05, 4.69) is 59.8 Å². The number of carboxylic acid groups (broad SMARTS) is 1. The van der Waals surface area contributed by atoms with Crippen LogP contribution in [0.1, 0.15) is 32.8 Å². The number of likely N-dealkylation sites (tertiary alicyclic amines) is 1. The van der Waals surface area contributed by atoms with Gasteiger partial charge < -0.3 is 5.11 Å². The van der Waals surface area contributed by atoms with Crippen LogP contribution in [0.2, 0.25) is 0 Å². The lowest BCUT2D eigenvalue weighted by molar-refractivity contribution is -0.144. The van der Waals surface area contributed by atoms with Gasteiger partial charge in [-0.05, 0) is 30.0 Å². The third kappa shape index (κ3) is 5.00. The Labute approximate surface area is 145 Å².